The van der Waals surface area contributed by atoms with Crippen LogP contribution in [0.5, 0.6) is 5.75 Å². The highest BCUT2D eigenvalue weighted by Gasteiger charge is 2.46. The summed E-state index contributed by atoms with van der Waals surface area (Å²) in [7, 11) is 2.11. The van der Waals surface area contributed by atoms with Gasteiger partial charge in [-0.25, -0.2) is 9.67 Å². The van der Waals surface area contributed by atoms with Crippen LogP contribution < -0.4 is 14.7 Å². The zero-order chi connectivity index (χ0) is 25.1. The lowest BCUT2D eigenvalue weighted by molar-refractivity contribution is 0.616. The first-order chi connectivity index (χ1) is 17.3. The number of anilines is 1. The zero-order valence-electron chi connectivity index (χ0n) is 20.7. The van der Waals surface area contributed by atoms with Crippen LogP contribution in [0.4, 0.5) is 11.5 Å². The van der Waals surface area contributed by atoms with Gasteiger partial charge < -0.3 is 9.42 Å². The maximum Gasteiger partial charge on any atom is 0.180 e. The number of benzene rings is 3. The fourth-order valence-corrected chi connectivity index (χ4v) is 9.37. The van der Waals surface area contributed by atoms with E-state index in [9.17, 15) is 0 Å². The number of hydrogen-bond acceptors (Lipinski definition) is 5. The van der Waals surface area contributed by atoms with Gasteiger partial charge >= 0.3 is 0 Å². The Balaban J connectivity index is 1.64. The summed E-state index contributed by atoms with van der Waals surface area (Å²) in [6.07, 6.45) is -0.892. The molecule has 0 saturated carbocycles. The second-order valence-corrected chi connectivity index (χ2v) is 13.4. The summed E-state index contributed by atoms with van der Waals surface area (Å²) < 4.78 is 8.75. The van der Waals surface area contributed by atoms with Gasteiger partial charge in [0.25, 0.3) is 0 Å². The van der Waals surface area contributed by atoms with Crippen LogP contribution in [-0.4, -0.2) is 23.0 Å². The number of rotatable bonds is 3. The zero-order valence-corrected chi connectivity index (χ0v) is 22.4. The van der Waals surface area contributed by atoms with Crippen molar-refractivity contribution in [3.63, 3.8) is 0 Å². The molecule has 2 aliphatic rings. The van der Waals surface area contributed by atoms with E-state index in [2.05, 4.69) is 50.1 Å². The molecule has 5 nitrogen and oxygen atoms in total. The molecule has 1 unspecified atom stereocenters. The molecule has 3 aromatic carbocycles. The van der Waals surface area contributed by atoms with Crippen LogP contribution in [0.25, 0.3) is 5.69 Å². The smallest absolute Gasteiger partial charge is 0.180 e. The largest absolute Gasteiger partial charge is 0.457 e. The third-order valence-corrected chi connectivity index (χ3v) is 10.9. The van der Waals surface area contributed by atoms with Gasteiger partial charge in [-0.15, -0.1) is 0 Å². The van der Waals surface area contributed by atoms with E-state index >= 15 is 0 Å². The maximum absolute atomic E-state index is 6.86. The van der Waals surface area contributed by atoms with Gasteiger partial charge in [0.1, 0.15) is 5.75 Å². The summed E-state index contributed by atoms with van der Waals surface area (Å²) >= 11 is 6.63. The molecular weight excluding hydrogens is 483 g/mol. The molecular formula is C29H27N4OPS. The molecule has 180 valence electrons. The third kappa shape index (κ3) is 3.32. The Hall–Kier alpha value is -3.47. The number of para-hydroxylation sites is 3. The fourth-order valence-electron chi connectivity index (χ4n) is 5.41. The van der Waals surface area contributed by atoms with Crippen molar-refractivity contribution in [2.24, 2.45) is 4.99 Å². The average molecular weight is 511 g/mol. The molecule has 2 aliphatic heterocycles. The topological polar surface area (TPSA) is 42.6 Å². The normalized spacial score (nSPS) is 21.8. The van der Waals surface area contributed by atoms with E-state index in [1.165, 1.54) is 11.3 Å². The molecule has 0 N–H and O–H groups in total. The third-order valence-electron chi connectivity index (χ3n) is 7.01. The Kier molecular flexibility index (Phi) is 5.29. The highest BCUT2D eigenvalue weighted by molar-refractivity contribution is 8.18. The second-order valence-electron chi connectivity index (χ2n) is 9.65. The standard InChI is InChI=1S/C29H27N4OPS/c1-20-26-28(33(31-20)21-13-7-5-8-14-21)30-19-25(35(26,36)34-22-15-9-6-10-16-22)27-29(2,3)23-17-11-12-18-24(23)32(27)4/h5-19H,1-4H3/b27-25+. The van der Waals surface area contributed by atoms with E-state index in [0.717, 1.165) is 39.3 Å². The number of allylic oxidation sites excluding steroid dienone is 2. The number of aliphatic imine (C=N–C) groups is 1. The van der Waals surface area contributed by atoms with Gasteiger partial charge in [-0.1, -0.05) is 68.4 Å². The number of aryl methyl sites for hydroxylation is 1. The van der Waals surface area contributed by atoms with Crippen molar-refractivity contribution in [1.29, 1.82) is 0 Å². The average Bonchev–Trinajstić information content (AvgIpc) is 3.33. The molecule has 0 fully saturated rings. The predicted molar refractivity (Wildman–Crippen MR) is 152 cm³/mol. The van der Waals surface area contributed by atoms with Crippen molar-refractivity contribution in [3.8, 4) is 11.4 Å². The molecule has 0 spiro atoms. The van der Waals surface area contributed by atoms with Crippen molar-refractivity contribution >= 4 is 41.1 Å². The van der Waals surface area contributed by atoms with Gasteiger partial charge in [-0.3, -0.25) is 0 Å². The molecule has 3 heterocycles. The van der Waals surface area contributed by atoms with Crippen molar-refractivity contribution in [1.82, 2.24) is 9.78 Å². The predicted octanol–water partition coefficient (Wildman–Crippen LogP) is 6.63. The highest BCUT2D eigenvalue weighted by Crippen LogP contribution is 2.62. The Bertz CT molecular complexity index is 1590. The number of hydrogen-bond donors (Lipinski definition) is 0. The van der Waals surface area contributed by atoms with Crippen LogP contribution in [-0.2, 0) is 17.2 Å². The molecule has 1 aromatic heterocycles. The fraction of sp³-hybridized carbons (Fsp3) is 0.172. The van der Waals surface area contributed by atoms with Crippen molar-refractivity contribution in [2.45, 2.75) is 26.2 Å². The van der Waals surface area contributed by atoms with E-state index in [4.69, 9.17) is 26.4 Å². The maximum atomic E-state index is 6.86. The van der Waals surface area contributed by atoms with Gasteiger partial charge in [-0.05, 0) is 54.6 Å². The molecule has 0 aliphatic carbocycles. The first-order valence-electron chi connectivity index (χ1n) is 12.0. The quantitative estimate of drug-likeness (QED) is 0.290. The van der Waals surface area contributed by atoms with Crippen LogP contribution >= 0.6 is 6.26 Å². The number of fused-ring (bicyclic) bond motifs is 2. The molecule has 4 aromatic rings. The van der Waals surface area contributed by atoms with E-state index in [1.807, 2.05) is 78.5 Å². The van der Waals surface area contributed by atoms with Crippen LogP contribution in [0.15, 0.2) is 101 Å². The number of likely N-dealkylation sites (N-methyl/N-ethyl adjacent to an activating group) is 1. The van der Waals surface area contributed by atoms with Gasteiger partial charge in [0, 0.05) is 30.1 Å². The summed E-state index contributed by atoms with van der Waals surface area (Å²) in [6, 6.07) is 28.5. The molecule has 6 rings (SSSR count). The van der Waals surface area contributed by atoms with Gasteiger partial charge in [0.05, 0.1) is 22.0 Å². The number of aromatic nitrogens is 2. The molecule has 36 heavy (non-hydrogen) atoms. The first kappa shape index (κ1) is 23.0. The minimum absolute atomic E-state index is 0.266. The molecule has 1 atom stereocenters. The molecule has 7 heteroatoms. The number of nitrogens with zero attached hydrogens (tertiary/aromatic N) is 4. The minimum Gasteiger partial charge on any atom is -0.457 e. The van der Waals surface area contributed by atoms with E-state index < -0.39 is 6.26 Å². The lowest BCUT2D eigenvalue weighted by Gasteiger charge is -2.34. The Morgan fingerprint density at radius 3 is 2.22 bits per heavy atom. The second kappa shape index (κ2) is 8.29. The lowest BCUT2D eigenvalue weighted by atomic mass is 9.84. The monoisotopic (exact) mass is 510 g/mol. The van der Waals surface area contributed by atoms with Gasteiger partial charge in [0.2, 0.25) is 0 Å². The van der Waals surface area contributed by atoms with Crippen molar-refractivity contribution < 1.29 is 4.52 Å². The summed E-state index contributed by atoms with van der Waals surface area (Å²) in [5.41, 5.74) is 5.11. The Labute approximate surface area is 216 Å². The Morgan fingerprint density at radius 1 is 0.889 bits per heavy atom. The first-order valence-corrected chi connectivity index (χ1v) is 14.7. The summed E-state index contributed by atoms with van der Waals surface area (Å²) in [5, 5.41) is 6.78. The molecule has 0 amide bonds. The van der Waals surface area contributed by atoms with Crippen molar-refractivity contribution in [3.05, 3.63) is 107 Å². The van der Waals surface area contributed by atoms with E-state index in [-0.39, 0.29) is 5.41 Å². The summed E-state index contributed by atoms with van der Waals surface area (Å²) in [5.74, 6) is 1.50. The summed E-state index contributed by atoms with van der Waals surface area (Å²) in [6.45, 7) is 6.52. The van der Waals surface area contributed by atoms with Crippen molar-refractivity contribution in [2.75, 3.05) is 11.9 Å². The van der Waals surface area contributed by atoms with Gasteiger partial charge in [0.15, 0.2) is 12.1 Å². The molecule has 0 bridgehead atoms. The molecule has 0 radical (unpaired) electrons. The summed E-state index contributed by atoms with van der Waals surface area (Å²) in [4.78, 5) is 7.25. The van der Waals surface area contributed by atoms with Gasteiger partial charge in [-0.2, -0.15) is 5.10 Å². The Morgan fingerprint density at radius 2 is 1.53 bits per heavy atom. The van der Waals surface area contributed by atoms with Crippen LogP contribution in [0, 0.1) is 6.92 Å². The highest BCUT2D eigenvalue weighted by atomic mass is 32.4. The lowest BCUT2D eigenvalue weighted by Crippen LogP contribution is -2.29. The van der Waals surface area contributed by atoms with E-state index in [1.54, 1.807) is 0 Å². The van der Waals surface area contributed by atoms with Crippen LogP contribution in [0.1, 0.15) is 25.1 Å². The minimum atomic E-state index is -2.83. The SMILES string of the molecule is Cc1nn(-c2ccccc2)c2c1P(=S)(Oc1ccccc1)/C(=C1/N(C)c3ccccc3C1(C)C)C=N2. The van der Waals surface area contributed by atoms with E-state index in [0.29, 0.717) is 0 Å². The van der Waals surface area contributed by atoms with Crippen LogP contribution in [0.2, 0.25) is 0 Å². The molecule has 0 saturated heterocycles. The van der Waals surface area contributed by atoms with Crippen LogP contribution in [0.3, 0.4) is 0 Å².